The SMILES string of the molecule is Cc1nc(C)n(CCCNC(=O)[C@@H]2CC(=O)N(Cc3ccncc3)C2)n1. The number of carbonyl (C=O) groups excluding carboxylic acids is 2. The monoisotopic (exact) mass is 356 g/mol. The number of nitrogens with one attached hydrogen (secondary N) is 1. The highest BCUT2D eigenvalue weighted by atomic mass is 16.2. The van der Waals surface area contributed by atoms with Gasteiger partial charge in [-0.15, -0.1) is 0 Å². The van der Waals surface area contributed by atoms with Crippen molar-refractivity contribution in [3.63, 3.8) is 0 Å². The van der Waals surface area contributed by atoms with Gasteiger partial charge in [-0.2, -0.15) is 5.10 Å². The molecule has 0 radical (unpaired) electrons. The van der Waals surface area contributed by atoms with E-state index in [0.717, 1.165) is 23.6 Å². The third kappa shape index (κ3) is 4.44. The lowest BCUT2D eigenvalue weighted by Gasteiger charge is -2.16. The third-order valence-corrected chi connectivity index (χ3v) is 4.52. The van der Waals surface area contributed by atoms with Crippen LogP contribution in [0.1, 0.15) is 30.1 Å². The molecule has 1 fully saturated rings. The van der Waals surface area contributed by atoms with Gasteiger partial charge in [0.05, 0.1) is 5.92 Å². The fourth-order valence-electron chi connectivity index (χ4n) is 3.17. The van der Waals surface area contributed by atoms with Crippen LogP contribution in [0.5, 0.6) is 0 Å². The van der Waals surface area contributed by atoms with E-state index in [2.05, 4.69) is 20.4 Å². The molecule has 1 aliphatic rings. The summed E-state index contributed by atoms with van der Waals surface area (Å²) in [6, 6.07) is 3.77. The van der Waals surface area contributed by atoms with Gasteiger partial charge in [0.2, 0.25) is 11.8 Å². The Balaban J connectivity index is 1.42. The molecule has 0 aliphatic carbocycles. The average molecular weight is 356 g/mol. The average Bonchev–Trinajstić information content (AvgIpc) is 3.14. The van der Waals surface area contributed by atoms with Crippen LogP contribution in [0.2, 0.25) is 0 Å². The predicted molar refractivity (Wildman–Crippen MR) is 94.9 cm³/mol. The standard InChI is InChI=1S/C18H24N6O2/c1-13-21-14(2)24(22-13)9-3-6-20-18(26)16-10-17(25)23(12-16)11-15-4-7-19-8-5-15/h4-5,7-8,16H,3,6,9-12H2,1-2H3,(H,20,26)/t16-/m1/s1. The van der Waals surface area contributed by atoms with E-state index in [1.807, 2.05) is 30.7 Å². The number of amides is 2. The molecule has 0 saturated carbocycles. The summed E-state index contributed by atoms with van der Waals surface area (Å²) in [5.41, 5.74) is 1.02. The molecule has 8 nitrogen and oxygen atoms in total. The van der Waals surface area contributed by atoms with Crippen molar-refractivity contribution in [3.05, 3.63) is 41.7 Å². The Kier molecular flexibility index (Phi) is 5.60. The first-order valence-corrected chi connectivity index (χ1v) is 8.85. The number of aryl methyl sites for hydroxylation is 3. The molecule has 0 spiro atoms. The van der Waals surface area contributed by atoms with Crippen LogP contribution in [0.3, 0.4) is 0 Å². The molecular formula is C18H24N6O2. The molecule has 3 heterocycles. The molecule has 2 amide bonds. The molecule has 0 unspecified atom stereocenters. The number of carbonyl (C=O) groups is 2. The number of aromatic nitrogens is 4. The minimum absolute atomic E-state index is 0.0238. The number of pyridine rings is 1. The molecule has 1 atom stereocenters. The molecule has 1 saturated heterocycles. The van der Waals surface area contributed by atoms with Crippen LogP contribution in [0, 0.1) is 19.8 Å². The van der Waals surface area contributed by atoms with Gasteiger partial charge in [0, 0.05) is 45.0 Å². The van der Waals surface area contributed by atoms with Crippen molar-refractivity contribution >= 4 is 11.8 Å². The van der Waals surface area contributed by atoms with Crippen molar-refractivity contribution in [1.82, 2.24) is 30.0 Å². The summed E-state index contributed by atoms with van der Waals surface area (Å²) in [6.07, 6.45) is 4.46. The van der Waals surface area contributed by atoms with Crippen LogP contribution in [-0.2, 0) is 22.7 Å². The summed E-state index contributed by atoms with van der Waals surface area (Å²) in [5, 5.41) is 7.24. The predicted octanol–water partition coefficient (Wildman–Crippen LogP) is 0.845. The topological polar surface area (TPSA) is 93.0 Å². The Morgan fingerprint density at radius 3 is 2.77 bits per heavy atom. The van der Waals surface area contributed by atoms with Crippen LogP contribution in [0.25, 0.3) is 0 Å². The van der Waals surface area contributed by atoms with Gasteiger partial charge in [-0.05, 0) is 38.0 Å². The first-order chi connectivity index (χ1) is 12.5. The zero-order chi connectivity index (χ0) is 18.5. The van der Waals surface area contributed by atoms with E-state index in [9.17, 15) is 9.59 Å². The second-order valence-corrected chi connectivity index (χ2v) is 6.60. The van der Waals surface area contributed by atoms with E-state index in [0.29, 0.717) is 26.2 Å². The fraction of sp³-hybridized carbons (Fsp3) is 0.500. The summed E-state index contributed by atoms with van der Waals surface area (Å²) in [5.74, 6) is 1.32. The first-order valence-electron chi connectivity index (χ1n) is 8.85. The van der Waals surface area contributed by atoms with Crippen molar-refractivity contribution in [2.24, 2.45) is 5.92 Å². The summed E-state index contributed by atoms with van der Waals surface area (Å²) < 4.78 is 1.84. The Morgan fingerprint density at radius 1 is 1.31 bits per heavy atom. The Labute approximate surface area is 152 Å². The summed E-state index contributed by atoms with van der Waals surface area (Å²) in [6.45, 7) is 6.04. The summed E-state index contributed by atoms with van der Waals surface area (Å²) in [4.78, 5) is 34.5. The van der Waals surface area contributed by atoms with Crippen molar-refractivity contribution in [3.8, 4) is 0 Å². The van der Waals surface area contributed by atoms with Crippen LogP contribution >= 0.6 is 0 Å². The molecule has 1 aliphatic heterocycles. The fourth-order valence-corrected chi connectivity index (χ4v) is 3.17. The number of rotatable bonds is 7. The zero-order valence-electron chi connectivity index (χ0n) is 15.2. The maximum absolute atomic E-state index is 12.3. The van der Waals surface area contributed by atoms with Gasteiger partial charge >= 0.3 is 0 Å². The van der Waals surface area contributed by atoms with Gasteiger partial charge in [0.25, 0.3) is 0 Å². The van der Waals surface area contributed by atoms with E-state index >= 15 is 0 Å². The number of nitrogens with zero attached hydrogens (tertiary/aromatic N) is 5. The van der Waals surface area contributed by atoms with Gasteiger partial charge in [0.15, 0.2) is 0 Å². The highest BCUT2D eigenvalue weighted by Gasteiger charge is 2.33. The molecule has 1 N–H and O–H groups in total. The van der Waals surface area contributed by atoms with Gasteiger partial charge < -0.3 is 10.2 Å². The van der Waals surface area contributed by atoms with Gasteiger partial charge in [-0.1, -0.05) is 0 Å². The molecular weight excluding hydrogens is 332 g/mol. The van der Waals surface area contributed by atoms with Crippen molar-refractivity contribution < 1.29 is 9.59 Å². The highest BCUT2D eigenvalue weighted by Crippen LogP contribution is 2.20. The van der Waals surface area contributed by atoms with Crippen molar-refractivity contribution in [1.29, 1.82) is 0 Å². The second kappa shape index (κ2) is 8.07. The Hall–Kier alpha value is -2.77. The van der Waals surface area contributed by atoms with Gasteiger partial charge in [-0.3, -0.25) is 19.3 Å². The Morgan fingerprint density at radius 2 is 2.08 bits per heavy atom. The van der Waals surface area contributed by atoms with E-state index in [-0.39, 0.29) is 24.2 Å². The lowest BCUT2D eigenvalue weighted by atomic mass is 10.1. The van der Waals surface area contributed by atoms with Gasteiger partial charge in [0.1, 0.15) is 11.6 Å². The number of hydrogen-bond donors (Lipinski definition) is 1. The lowest BCUT2D eigenvalue weighted by molar-refractivity contribution is -0.129. The van der Waals surface area contributed by atoms with E-state index < -0.39 is 0 Å². The summed E-state index contributed by atoms with van der Waals surface area (Å²) >= 11 is 0. The van der Waals surface area contributed by atoms with E-state index in [4.69, 9.17) is 0 Å². The maximum atomic E-state index is 12.3. The molecule has 2 aromatic rings. The van der Waals surface area contributed by atoms with Crippen LogP contribution in [0.15, 0.2) is 24.5 Å². The molecule has 0 aromatic carbocycles. The molecule has 138 valence electrons. The van der Waals surface area contributed by atoms with Crippen molar-refractivity contribution in [2.75, 3.05) is 13.1 Å². The third-order valence-electron chi connectivity index (χ3n) is 4.52. The van der Waals surface area contributed by atoms with Crippen LogP contribution in [-0.4, -0.2) is 49.6 Å². The Bertz CT molecular complexity index is 773. The molecule has 0 bridgehead atoms. The van der Waals surface area contributed by atoms with Crippen LogP contribution in [0.4, 0.5) is 0 Å². The minimum Gasteiger partial charge on any atom is -0.356 e. The second-order valence-electron chi connectivity index (χ2n) is 6.60. The lowest BCUT2D eigenvalue weighted by Crippen LogP contribution is -2.33. The minimum atomic E-state index is -0.278. The van der Waals surface area contributed by atoms with E-state index in [1.54, 1.807) is 17.3 Å². The molecule has 26 heavy (non-hydrogen) atoms. The van der Waals surface area contributed by atoms with Gasteiger partial charge in [-0.25, -0.2) is 4.98 Å². The van der Waals surface area contributed by atoms with Crippen molar-refractivity contribution in [2.45, 2.75) is 39.8 Å². The van der Waals surface area contributed by atoms with Crippen LogP contribution < -0.4 is 5.32 Å². The largest absolute Gasteiger partial charge is 0.356 e. The smallest absolute Gasteiger partial charge is 0.225 e. The summed E-state index contributed by atoms with van der Waals surface area (Å²) in [7, 11) is 0. The zero-order valence-corrected chi connectivity index (χ0v) is 15.2. The molecule has 2 aromatic heterocycles. The number of likely N-dealkylation sites (tertiary alicyclic amines) is 1. The maximum Gasteiger partial charge on any atom is 0.225 e. The molecule has 3 rings (SSSR count). The highest BCUT2D eigenvalue weighted by molar-refractivity contribution is 5.89. The normalized spacial score (nSPS) is 16.9. The number of hydrogen-bond acceptors (Lipinski definition) is 5. The quantitative estimate of drug-likeness (QED) is 0.742. The molecule has 8 heteroatoms. The first kappa shape index (κ1) is 18.0. The van der Waals surface area contributed by atoms with E-state index in [1.165, 1.54) is 0 Å².